The molecule has 2 aromatic heterocycles. The molecule has 0 spiro atoms. The first kappa shape index (κ1) is 31.0. The number of allylic oxidation sites excluding steroid dienone is 4. The van der Waals surface area contributed by atoms with E-state index >= 15 is 0 Å². The van der Waals surface area contributed by atoms with Crippen LogP contribution in [0.3, 0.4) is 0 Å². The standard InChI is InChI=1S/C44H36N8/c45-30-9-1-26(2-10-30)42-36-19-17-34(49-36)25-35-18-20-37(50-35)43(27-3-11-31(46)12-4-27)39-22-24-41(52-39)44(40-23-21-38(42)51-40,28-5-13-32(47)14-6-28)29-7-15-33(48)16-8-29/h1-25,40,50,52H,45-48H2. The molecule has 8 nitrogen and oxygen atoms in total. The van der Waals surface area contributed by atoms with Gasteiger partial charge in [-0.3, -0.25) is 4.99 Å². The van der Waals surface area contributed by atoms with Gasteiger partial charge in [0, 0.05) is 56.0 Å². The summed E-state index contributed by atoms with van der Waals surface area (Å²) < 4.78 is 0. The number of hydrogen-bond donors (Lipinski definition) is 6. The van der Waals surface area contributed by atoms with Crippen LogP contribution in [0.25, 0.3) is 17.2 Å². The van der Waals surface area contributed by atoms with Gasteiger partial charge in [0.1, 0.15) is 0 Å². The fraction of sp³-hybridized carbons (Fsp3) is 0.0455. The van der Waals surface area contributed by atoms with Crippen molar-refractivity contribution in [2.75, 3.05) is 22.9 Å². The summed E-state index contributed by atoms with van der Waals surface area (Å²) in [5, 5.41) is 1.88. The molecule has 9 rings (SSSR count). The third-order valence-electron chi connectivity index (χ3n) is 10.1. The van der Waals surface area contributed by atoms with Crippen LogP contribution in [0.2, 0.25) is 0 Å². The van der Waals surface area contributed by atoms with Crippen molar-refractivity contribution in [3.63, 3.8) is 0 Å². The van der Waals surface area contributed by atoms with Gasteiger partial charge in [-0.15, -0.1) is 0 Å². The van der Waals surface area contributed by atoms with E-state index in [1.165, 1.54) is 0 Å². The molecule has 10 N–H and O–H groups in total. The second kappa shape index (κ2) is 12.1. The number of nitrogens with one attached hydrogen (secondary N) is 2. The Bertz CT molecular complexity index is 2580. The number of aliphatic imine (C=N–C) groups is 2. The molecule has 0 fully saturated rings. The predicted molar refractivity (Wildman–Crippen MR) is 214 cm³/mol. The molecule has 0 radical (unpaired) electrons. The lowest BCUT2D eigenvalue weighted by atomic mass is 9.67. The Labute approximate surface area is 300 Å². The van der Waals surface area contributed by atoms with E-state index in [4.69, 9.17) is 32.9 Å². The maximum Gasteiger partial charge on any atom is 0.0883 e. The quantitative estimate of drug-likeness (QED) is 0.129. The predicted octanol–water partition coefficient (Wildman–Crippen LogP) is 5.85. The largest absolute Gasteiger partial charge is 0.399 e. The molecule has 4 aromatic carbocycles. The van der Waals surface area contributed by atoms with Gasteiger partial charge in [-0.25, -0.2) is 4.99 Å². The van der Waals surface area contributed by atoms with Crippen LogP contribution in [-0.4, -0.2) is 27.4 Å². The van der Waals surface area contributed by atoms with E-state index in [0.717, 1.165) is 72.6 Å². The summed E-state index contributed by atoms with van der Waals surface area (Å²) in [5.74, 6) is 0. The Morgan fingerprint density at radius 2 is 1.12 bits per heavy atom. The Morgan fingerprint density at radius 3 is 1.73 bits per heavy atom. The number of hydrogen-bond acceptors (Lipinski definition) is 6. The van der Waals surface area contributed by atoms with Crippen molar-refractivity contribution in [3.05, 3.63) is 196 Å². The third-order valence-corrected chi connectivity index (χ3v) is 10.1. The number of benzene rings is 4. The maximum atomic E-state index is 6.30. The van der Waals surface area contributed by atoms with Crippen LogP contribution in [0.5, 0.6) is 0 Å². The van der Waals surface area contributed by atoms with E-state index in [0.29, 0.717) is 22.7 Å². The average Bonchev–Trinajstić information content (AvgIpc) is 3.99. The lowest BCUT2D eigenvalue weighted by molar-refractivity contribution is 0.539. The molecule has 8 heteroatoms. The van der Waals surface area contributed by atoms with E-state index in [1.54, 1.807) is 0 Å². The number of H-pyrrole nitrogens is 2. The van der Waals surface area contributed by atoms with Gasteiger partial charge in [-0.05, 0) is 119 Å². The zero-order chi connectivity index (χ0) is 35.4. The Balaban J connectivity index is 1.40. The van der Waals surface area contributed by atoms with E-state index in [2.05, 4.69) is 94.9 Å². The fourth-order valence-corrected chi connectivity index (χ4v) is 7.63. The van der Waals surface area contributed by atoms with Crippen molar-refractivity contribution in [2.45, 2.75) is 11.5 Å². The van der Waals surface area contributed by atoms with Gasteiger partial charge < -0.3 is 32.9 Å². The Hall–Kier alpha value is -7.06. The van der Waals surface area contributed by atoms with Gasteiger partial charge in [-0.2, -0.15) is 0 Å². The van der Waals surface area contributed by atoms with E-state index < -0.39 is 5.41 Å². The lowest BCUT2D eigenvalue weighted by Crippen LogP contribution is -2.40. The SMILES string of the molecule is Nc1ccc(C2=C3C=CC(=N3)C=c3ccc([nH]3)=C(c3ccc(N)cc3)c3ccc([nH]3)C(c3ccc(N)cc3)(c3ccc(N)cc3)C3C=CC2=N3)cc1. The second-order valence-electron chi connectivity index (χ2n) is 13.4. The summed E-state index contributed by atoms with van der Waals surface area (Å²) >= 11 is 0. The summed E-state index contributed by atoms with van der Waals surface area (Å²) in [6.45, 7) is 0. The van der Waals surface area contributed by atoms with Gasteiger partial charge in [0.2, 0.25) is 0 Å². The molecule has 8 bridgehead atoms. The first-order chi connectivity index (χ1) is 25.3. The normalized spacial score (nSPS) is 17.2. The number of fused-ring (bicyclic) bond motifs is 6. The number of aromatic nitrogens is 2. The second-order valence-corrected chi connectivity index (χ2v) is 13.4. The van der Waals surface area contributed by atoms with Crippen molar-refractivity contribution in [1.29, 1.82) is 0 Å². The minimum absolute atomic E-state index is 0.379. The zero-order valence-corrected chi connectivity index (χ0v) is 28.2. The van der Waals surface area contributed by atoms with Gasteiger partial charge >= 0.3 is 0 Å². The highest BCUT2D eigenvalue weighted by Gasteiger charge is 2.46. The summed E-state index contributed by atoms with van der Waals surface area (Å²) in [6.07, 6.45) is 10.5. The van der Waals surface area contributed by atoms with Crippen LogP contribution in [-0.2, 0) is 5.41 Å². The zero-order valence-electron chi connectivity index (χ0n) is 28.2. The molecule has 5 heterocycles. The highest BCUT2D eigenvalue weighted by atomic mass is 14.9. The molecule has 3 aliphatic rings. The molecular formula is C44H36N8. The molecule has 0 saturated heterocycles. The van der Waals surface area contributed by atoms with Gasteiger partial charge in [0.25, 0.3) is 0 Å². The van der Waals surface area contributed by atoms with Crippen LogP contribution in [0, 0.1) is 0 Å². The number of rotatable bonds is 4. The fourth-order valence-electron chi connectivity index (χ4n) is 7.63. The lowest BCUT2D eigenvalue weighted by Gasteiger charge is -2.38. The molecule has 1 atom stereocenters. The average molecular weight is 677 g/mol. The summed E-state index contributed by atoms with van der Waals surface area (Å²) in [4.78, 5) is 18.3. The third kappa shape index (κ3) is 5.16. The smallest absolute Gasteiger partial charge is 0.0883 e. The molecule has 0 saturated carbocycles. The first-order valence-corrected chi connectivity index (χ1v) is 17.2. The summed E-state index contributed by atoms with van der Waals surface area (Å²) in [5.41, 5.74) is 37.1. The summed E-state index contributed by atoms with van der Waals surface area (Å²) in [7, 11) is 0. The maximum absolute atomic E-state index is 6.30. The van der Waals surface area contributed by atoms with Crippen LogP contribution < -0.4 is 33.6 Å². The van der Waals surface area contributed by atoms with Crippen LogP contribution in [0.15, 0.2) is 161 Å². The van der Waals surface area contributed by atoms with Gasteiger partial charge in [0.15, 0.2) is 0 Å². The van der Waals surface area contributed by atoms with E-state index in [9.17, 15) is 0 Å². The molecule has 252 valence electrons. The minimum Gasteiger partial charge on any atom is -0.399 e. The molecule has 0 amide bonds. The number of nitrogen functional groups attached to an aromatic ring is 4. The molecule has 0 aliphatic carbocycles. The van der Waals surface area contributed by atoms with Crippen molar-refractivity contribution in [1.82, 2.24) is 9.97 Å². The van der Waals surface area contributed by atoms with Crippen molar-refractivity contribution in [3.8, 4) is 0 Å². The first-order valence-electron chi connectivity index (χ1n) is 17.2. The molecule has 6 aromatic rings. The van der Waals surface area contributed by atoms with Crippen LogP contribution >= 0.6 is 0 Å². The minimum atomic E-state index is -0.827. The summed E-state index contributed by atoms with van der Waals surface area (Å²) in [6, 6.07) is 40.2. The Morgan fingerprint density at radius 1 is 0.538 bits per heavy atom. The molecular weight excluding hydrogens is 641 g/mol. The molecule has 1 unspecified atom stereocenters. The number of anilines is 4. The highest BCUT2D eigenvalue weighted by Crippen LogP contribution is 2.46. The highest BCUT2D eigenvalue weighted by molar-refractivity contribution is 6.32. The van der Waals surface area contributed by atoms with Crippen LogP contribution in [0.1, 0.15) is 33.6 Å². The molecule has 52 heavy (non-hydrogen) atoms. The van der Waals surface area contributed by atoms with Gasteiger partial charge in [-0.1, -0.05) is 54.6 Å². The molecule has 3 aliphatic heterocycles. The number of aromatic amines is 2. The number of nitrogens with two attached hydrogens (primary N) is 4. The monoisotopic (exact) mass is 676 g/mol. The Kier molecular flexibility index (Phi) is 7.18. The van der Waals surface area contributed by atoms with Crippen molar-refractivity contribution in [2.24, 2.45) is 9.98 Å². The number of nitrogens with zero attached hydrogens (tertiary/aromatic N) is 2. The van der Waals surface area contributed by atoms with Crippen molar-refractivity contribution < 1.29 is 0 Å². The van der Waals surface area contributed by atoms with Crippen molar-refractivity contribution >= 4 is 51.4 Å². The van der Waals surface area contributed by atoms with Crippen LogP contribution in [0.4, 0.5) is 22.7 Å². The van der Waals surface area contributed by atoms with E-state index in [1.807, 2.05) is 66.7 Å². The van der Waals surface area contributed by atoms with Gasteiger partial charge in [0.05, 0.1) is 28.6 Å². The van der Waals surface area contributed by atoms with E-state index in [-0.39, 0.29) is 6.04 Å². The topological polar surface area (TPSA) is 160 Å².